The normalized spacial score (nSPS) is 15.5. The Bertz CT molecular complexity index is 1420. The molecular formula is C48H75O11P. The highest BCUT2D eigenvalue weighted by molar-refractivity contribution is 7.47. The Morgan fingerprint density at radius 2 is 1.10 bits per heavy atom. The van der Waals surface area contributed by atoms with E-state index in [2.05, 4.69) is 66.1 Å². The Morgan fingerprint density at radius 1 is 0.583 bits per heavy atom. The fourth-order valence-electron chi connectivity index (χ4n) is 4.85. The van der Waals surface area contributed by atoms with Crippen molar-refractivity contribution in [3.63, 3.8) is 0 Å². The summed E-state index contributed by atoms with van der Waals surface area (Å²) < 4.78 is 32.5. The highest BCUT2D eigenvalue weighted by atomic mass is 31.2. The van der Waals surface area contributed by atoms with Gasteiger partial charge < -0.3 is 29.7 Å². The van der Waals surface area contributed by atoms with Gasteiger partial charge in [-0.1, -0.05) is 148 Å². The van der Waals surface area contributed by atoms with Crippen LogP contribution in [0, 0.1) is 0 Å². The fourth-order valence-corrected chi connectivity index (χ4v) is 5.64. The summed E-state index contributed by atoms with van der Waals surface area (Å²) in [5.41, 5.74) is 0. The maximum absolute atomic E-state index is 12.6. The van der Waals surface area contributed by atoms with Crippen molar-refractivity contribution in [2.75, 3.05) is 26.4 Å². The van der Waals surface area contributed by atoms with Crippen LogP contribution in [-0.4, -0.2) is 76.9 Å². The van der Waals surface area contributed by atoms with E-state index < -0.39 is 64.5 Å². The molecule has 0 aromatic carbocycles. The SMILES string of the molecule is CC/C=C\C(O)C/C=C/C=C\C/C=C\C/C=C\CCCC(=O)O[C@H](COC(=O)CC/C=C\C/C=C\C/C=C\C/C=C\C/C=C\CCCCC)COP(=O)(O)OC[C@@H](O)CO. The molecule has 0 bridgehead atoms. The molecule has 0 saturated heterocycles. The lowest BCUT2D eigenvalue weighted by molar-refractivity contribution is -0.161. The molecule has 0 aliphatic heterocycles. The van der Waals surface area contributed by atoms with Crippen molar-refractivity contribution in [1.82, 2.24) is 0 Å². The molecule has 0 aromatic heterocycles. The van der Waals surface area contributed by atoms with Crippen molar-refractivity contribution in [3.8, 4) is 0 Å². The molecule has 0 fully saturated rings. The van der Waals surface area contributed by atoms with Crippen molar-refractivity contribution in [3.05, 3.63) is 122 Å². The molecule has 0 aliphatic rings. The first kappa shape index (κ1) is 56.3. The zero-order valence-electron chi connectivity index (χ0n) is 36.2. The highest BCUT2D eigenvalue weighted by Crippen LogP contribution is 2.43. The predicted octanol–water partition coefficient (Wildman–Crippen LogP) is 10.5. The van der Waals surface area contributed by atoms with E-state index in [0.717, 1.165) is 51.4 Å². The van der Waals surface area contributed by atoms with Crippen molar-refractivity contribution >= 4 is 19.8 Å². The Kier molecular flexibility index (Phi) is 39.5. The topological polar surface area (TPSA) is 169 Å². The summed E-state index contributed by atoms with van der Waals surface area (Å²) >= 11 is 0. The van der Waals surface area contributed by atoms with Crippen LogP contribution < -0.4 is 0 Å². The molecule has 338 valence electrons. The van der Waals surface area contributed by atoms with Crippen LogP contribution in [-0.2, 0) is 32.7 Å². The molecule has 0 heterocycles. The molecule has 2 unspecified atom stereocenters. The maximum atomic E-state index is 12.6. The second-order valence-electron chi connectivity index (χ2n) is 13.8. The van der Waals surface area contributed by atoms with Gasteiger partial charge in [0.25, 0.3) is 0 Å². The molecule has 0 saturated carbocycles. The molecule has 0 rings (SSSR count). The summed E-state index contributed by atoms with van der Waals surface area (Å²) in [5, 5.41) is 28.1. The number of esters is 2. The first-order valence-corrected chi connectivity index (χ1v) is 23.1. The van der Waals surface area contributed by atoms with Crippen LogP contribution in [0.4, 0.5) is 0 Å². The third-order valence-electron chi connectivity index (χ3n) is 8.19. The molecule has 12 heteroatoms. The summed E-state index contributed by atoms with van der Waals surface area (Å²) in [5.74, 6) is -1.13. The first-order chi connectivity index (χ1) is 29.1. The molecule has 4 N–H and O–H groups in total. The summed E-state index contributed by atoms with van der Waals surface area (Å²) in [7, 11) is -4.67. The number of hydrogen-bond acceptors (Lipinski definition) is 10. The number of ether oxygens (including phenoxy) is 2. The number of unbranched alkanes of at least 4 members (excludes halogenated alkanes) is 4. The summed E-state index contributed by atoms with van der Waals surface area (Å²) in [6.45, 7) is 1.92. The van der Waals surface area contributed by atoms with Crippen molar-refractivity contribution in [1.29, 1.82) is 0 Å². The van der Waals surface area contributed by atoms with Gasteiger partial charge in [-0.2, -0.15) is 0 Å². The first-order valence-electron chi connectivity index (χ1n) is 21.6. The second-order valence-corrected chi connectivity index (χ2v) is 15.3. The number of carbonyl (C=O) groups is 2. The Morgan fingerprint density at radius 3 is 1.67 bits per heavy atom. The van der Waals surface area contributed by atoms with Gasteiger partial charge >= 0.3 is 19.8 Å². The minimum atomic E-state index is -4.67. The number of phosphoric ester groups is 1. The van der Waals surface area contributed by atoms with Gasteiger partial charge in [0, 0.05) is 12.8 Å². The molecule has 0 aliphatic carbocycles. The lowest BCUT2D eigenvalue weighted by Gasteiger charge is -2.20. The highest BCUT2D eigenvalue weighted by Gasteiger charge is 2.27. The average Bonchev–Trinajstić information content (AvgIpc) is 3.23. The largest absolute Gasteiger partial charge is 0.472 e. The number of allylic oxidation sites excluding steroid dienone is 18. The number of phosphoric acid groups is 1. The molecule has 0 aromatic rings. The molecule has 60 heavy (non-hydrogen) atoms. The van der Waals surface area contributed by atoms with Gasteiger partial charge in [-0.15, -0.1) is 0 Å². The molecular weight excluding hydrogens is 783 g/mol. The van der Waals surface area contributed by atoms with Gasteiger partial charge in [-0.25, -0.2) is 4.57 Å². The van der Waals surface area contributed by atoms with Crippen LogP contribution in [0.25, 0.3) is 0 Å². The third-order valence-corrected chi connectivity index (χ3v) is 9.14. The molecule has 0 spiro atoms. The van der Waals surface area contributed by atoms with Crippen LogP contribution in [0.15, 0.2) is 122 Å². The Labute approximate surface area is 360 Å². The van der Waals surface area contributed by atoms with Gasteiger partial charge in [0.2, 0.25) is 0 Å². The van der Waals surface area contributed by atoms with E-state index in [4.69, 9.17) is 19.1 Å². The van der Waals surface area contributed by atoms with E-state index in [1.807, 2.05) is 67.7 Å². The minimum Gasteiger partial charge on any atom is -0.462 e. The Hall–Kier alpha value is -3.67. The zero-order valence-corrected chi connectivity index (χ0v) is 37.1. The van der Waals surface area contributed by atoms with E-state index >= 15 is 0 Å². The van der Waals surface area contributed by atoms with Crippen LogP contribution in [0.2, 0.25) is 0 Å². The molecule has 0 radical (unpaired) electrons. The number of rotatable bonds is 38. The van der Waals surface area contributed by atoms with Gasteiger partial charge in [0.05, 0.1) is 25.9 Å². The number of hydrogen-bond donors (Lipinski definition) is 4. The number of carbonyl (C=O) groups excluding carboxylic acids is 2. The number of aliphatic hydroxyl groups excluding tert-OH is 3. The molecule has 4 atom stereocenters. The van der Waals surface area contributed by atoms with E-state index in [9.17, 15) is 29.3 Å². The van der Waals surface area contributed by atoms with Gasteiger partial charge in [-0.3, -0.25) is 18.6 Å². The monoisotopic (exact) mass is 859 g/mol. The standard InChI is InChI=1S/C48H75O11P/c1-3-5-7-8-9-10-11-12-13-14-15-16-17-18-22-25-28-31-34-38-47(52)56-42-46(43-58-60(54,55)57-41-45(51)40-49)59-48(53)39-35-32-29-26-23-20-19-21-24-27-30-33-37-44(50)36-6-4-2/h6,9-10,12-13,15-16,18-20,22,24,26-31,33,36,44-46,49-51H,3-5,7-8,11,14,17,21,23,25,32,34-35,37-43H2,1-2H3,(H,54,55)/b10-9-,13-12-,16-15-,20-19-,22-18-,27-24-,29-26-,31-28-,33-30+,36-6-/t44?,45-,46+/m0/s1. The average molecular weight is 859 g/mol. The summed E-state index contributed by atoms with van der Waals surface area (Å²) in [6.07, 6.45) is 51.0. The van der Waals surface area contributed by atoms with E-state index in [1.165, 1.54) is 19.3 Å². The fraction of sp³-hybridized carbons (Fsp3) is 0.542. The predicted molar refractivity (Wildman–Crippen MR) is 243 cm³/mol. The Balaban J connectivity index is 4.58. The third kappa shape index (κ3) is 41.1. The van der Waals surface area contributed by atoms with E-state index in [1.54, 1.807) is 6.08 Å². The van der Waals surface area contributed by atoms with Crippen molar-refractivity contribution in [2.24, 2.45) is 0 Å². The lowest BCUT2D eigenvalue weighted by Crippen LogP contribution is -2.29. The van der Waals surface area contributed by atoms with Crippen LogP contribution in [0.1, 0.15) is 123 Å². The van der Waals surface area contributed by atoms with Crippen molar-refractivity contribution < 1.29 is 52.9 Å². The van der Waals surface area contributed by atoms with E-state index in [0.29, 0.717) is 25.7 Å². The van der Waals surface area contributed by atoms with Crippen molar-refractivity contribution in [2.45, 2.75) is 141 Å². The van der Waals surface area contributed by atoms with Crippen LogP contribution in [0.3, 0.4) is 0 Å². The van der Waals surface area contributed by atoms with E-state index in [-0.39, 0.29) is 12.8 Å². The van der Waals surface area contributed by atoms with Gasteiger partial charge in [-0.05, 0) is 83.5 Å². The van der Waals surface area contributed by atoms with Gasteiger partial charge in [0.15, 0.2) is 6.10 Å². The minimum absolute atomic E-state index is 0.0646. The molecule has 11 nitrogen and oxygen atoms in total. The zero-order chi connectivity index (χ0) is 44.2. The maximum Gasteiger partial charge on any atom is 0.472 e. The summed E-state index contributed by atoms with van der Waals surface area (Å²) in [4.78, 5) is 34.9. The second kappa shape index (κ2) is 42.0. The lowest BCUT2D eigenvalue weighted by atomic mass is 10.2. The summed E-state index contributed by atoms with van der Waals surface area (Å²) in [6, 6.07) is 0. The van der Waals surface area contributed by atoms with Gasteiger partial charge in [0.1, 0.15) is 12.7 Å². The molecule has 0 amide bonds. The quantitative estimate of drug-likeness (QED) is 0.0153. The van der Waals surface area contributed by atoms with Crippen LogP contribution >= 0.6 is 7.82 Å². The number of aliphatic hydroxyl groups is 3. The van der Waals surface area contributed by atoms with Crippen LogP contribution in [0.5, 0.6) is 0 Å². The smallest absolute Gasteiger partial charge is 0.462 e.